The Morgan fingerprint density at radius 2 is 1.32 bits per heavy atom. The fourth-order valence-electron chi connectivity index (χ4n) is 4.56. The maximum absolute atomic E-state index is 6.46. The average molecular weight is 415 g/mol. The fraction of sp³-hybridized carbons (Fsp3) is 1.00. The van der Waals surface area contributed by atoms with Crippen molar-refractivity contribution in [2.45, 2.75) is 124 Å². The first-order chi connectivity index (χ1) is 13.2. The van der Waals surface area contributed by atoms with Crippen LogP contribution in [0.25, 0.3) is 0 Å². The Morgan fingerprint density at radius 3 is 1.82 bits per heavy atom. The SMILES string of the molecule is CCO[Si]1(OCC)CCC(C)(CCCC(C)CCCC(C)CCCC(C)C)O1. The molecule has 0 amide bonds. The molecule has 0 saturated carbocycles. The van der Waals surface area contributed by atoms with Crippen LogP contribution in [0.4, 0.5) is 0 Å². The van der Waals surface area contributed by atoms with E-state index in [0.717, 1.165) is 36.6 Å². The van der Waals surface area contributed by atoms with E-state index < -0.39 is 8.80 Å². The van der Waals surface area contributed by atoms with Gasteiger partial charge in [0, 0.05) is 19.3 Å². The van der Waals surface area contributed by atoms with Crippen molar-refractivity contribution in [3.05, 3.63) is 0 Å². The summed E-state index contributed by atoms with van der Waals surface area (Å²) in [6.45, 7) is 17.3. The number of hydrogen-bond acceptors (Lipinski definition) is 3. The molecule has 0 radical (unpaired) electrons. The predicted octanol–water partition coefficient (Wildman–Crippen LogP) is 7.62. The summed E-state index contributed by atoms with van der Waals surface area (Å²) in [7, 11) is -2.40. The van der Waals surface area contributed by atoms with Crippen molar-refractivity contribution in [2.75, 3.05) is 13.2 Å². The van der Waals surface area contributed by atoms with Gasteiger partial charge < -0.3 is 13.3 Å². The summed E-state index contributed by atoms with van der Waals surface area (Å²) in [6.07, 6.45) is 13.2. The first kappa shape index (κ1) is 26.1. The van der Waals surface area contributed by atoms with Crippen LogP contribution in [0.2, 0.25) is 6.04 Å². The Hall–Kier alpha value is 0.0969. The molecule has 0 spiro atoms. The van der Waals surface area contributed by atoms with E-state index in [0.29, 0.717) is 13.2 Å². The van der Waals surface area contributed by atoms with Crippen LogP contribution in [0, 0.1) is 17.8 Å². The van der Waals surface area contributed by atoms with Gasteiger partial charge in [0.15, 0.2) is 0 Å². The molecule has 0 N–H and O–H groups in total. The van der Waals surface area contributed by atoms with Gasteiger partial charge in [-0.3, -0.25) is 0 Å². The van der Waals surface area contributed by atoms with Crippen LogP contribution in [0.15, 0.2) is 0 Å². The number of rotatable bonds is 16. The summed E-state index contributed by atoms with van der Waals surface area (Å²) in [5.74, 6) is 2.58. The van der Waals surface area contributed by atoms with E-state index in [1.165, 1.54) is 51.4 Å². The number of hydrogen-bond donors (Lipinski definition) is 0. The molecule has 1 rings (SSSR count). The van der Waals surface area contributed by atoms with Crippen LogP contribution in [0.1, 0.15) is 113 Å². The zero-order valence-corrected chi connectivity index (χ0v) is 21.1. The summed E-state index contributed by atoms with van der Waals surface area (Å²) in [4.78, 5) is 0. The predicted molar refractivity (Wildman–Crippen MR) is 123 cm³/mol. The van der Waals surface area contributed by atoms with E-state index in [2.05, 4.69) is 34.6 Å². The molecule has 3 nitrogen and oxygen atoms in total. The Balaban J connectivity index is 2.19. The third kappa shape index (κ3) is 10.2. The van der Waals surface area contributed by atoms with E-state index in [1.807, 2.05) is 13.8 Å². The van der Waals surface area contributed by atoms with Crippen molar-refractivity contribution in [3.8, 4) is 0 Å². The minimum absolute atomic E-state index is 0.0405. The Labute approximate surface area is 177 Å². The van der Waals surface area contributed by atoms with Crippen LogP contribution in [-0.4, -0.2) is 27.6 Å². The van der Waals surface area contributed by atoms with Gasteiger partial charge >= 0.3 is 8.80 Å². The third-order valence-electron chi connectivity index (χ3n) is 6.37. The molecule has 1 fully saturated rings. The van der Waals surface area contributed by atoms with E-state index in [-0.39, 0.29) is 5.60 Å². The third-order valence-corrected chi connectivity index (χ3v) is 9.49. The molecule has 1 aliphatic rings. The molecule has 0 aliphatic carbocycles. The van der Waals surface area contributed by atoms with Gasteiger partial charge in [-0.2, -0.15) is 0 Å². The van der Waals surface area contributed by atoms with Gasteiger partial charge in [0.05, 0.1) is 5.60 Å². The second-order valence-electron chi connectivity index (χ2n) is 9.96. The molecule has 1 heterocycles. The van der Waals surface area contributed by atoms with Gasteiger partial charge in [0.1, 0.15) is 0 Å². The smallest absolute Gasteiger partial charge is 0.374 e. The van der Waals surface area contributed by atoms with Gasteiger partial charge in [-0.1, -0.05) is 79.1 Å². The Morgan fingerprint density at radius 1 is 0.821 bits per heavy atom. The molecular weight excluding hydrogens is 364 g/mol. The van der Waals surface area contributed by atoms with Crippen LogP contribution < -0.4 is 0 Å². The highest BCUT2D eigenvalue weighted by Crippen LogP contribution is 2.40. The van der Waals surface area contributed by atoms with Crippen molar-refractivity contribution in [1.29, 1.82) is 0 Å². The summed E-state index contributed by atoms with van der Waals surface area (Å²) in [5, 5.41) is 0. The molecule has 1 aliphatic heterocycles. The maximum Gasteiger partial charge on any atom is 0.501 e. The Kier molecular flexibility index (Phi) is 12.5. The average Bonchev–Trinajstić information content (AvgIpc) is 2.92. The van der Waals surface area contributed by atoms with Gasteiger partial charge in [-0.15, -0.1) is 0 Å². The Bertz CT molecular complexity index is 395. The quantitative estimate of drug-likeness (QED) is 0.243. The maximum atomic E-state index is 6.46. The standard InChI is InChI=1S/C24H50O3Si/c1-8-25-28(26-9-2)20-19-24(7,27-28)18-12-17-23(6)16-11-15-22(5)14-10-13-21(3)4/h21-23H,8-20H2,1-7H3. The summed E-state index contributed by atoms with van der Waals surface area (Å²) < 4.78 is 18.4. The minimum atomic E-state index is -2.40. The largest absolute Gasteiger partial charge is 0.501 e. The van der Waals surface area contributed by atoms with Crippen molar-refractivity contribution in [1.82, 2.24) is 0 Å². The second-order valence-corrected chi connectivity index (χ2v) is 12.6. The highest BCUT2D eigenvalue weighted by Gasteiger charge is 2.53. The van der Waals surface area contributed by atoms with Crippen LogP contribution in [-0.2, 0) is 13.3 Å². The molecule has 0 aromatic rings. The summed E-state index contributed by atoms with van der Waals surface area (Å²) >= 11 is 0. The fourth-order valence-corrected chi connectivity index (χ4v) is 7.82. The molecule has 0 aromatic carbocycles. The van der Waals surface area contributed by atoms with Gasteiger partial charge in [-0.05, 0) is 51.4 Å². The molecule has 168 valence electrons. The molecule has 1 saturated heterocycles. The first-order valence-electron chi connectivity index (χ1n) is 12.2. The summed E-state index contributed by atoms with van der Waals surface area (Å²) in [5.41, 5.74) is -0.0405. The lowest BCUT2D eigenvalue weighted by molar-refractivity contribution is 0.00705. The van der Waals surface area contributed by atoms with Crippen molar-refractivity contribution in [3.63, 3.8) is 0 Å². The molecular formula is C24H50O3Si. The van der Waals surface area contributed by atoms with Gasteiger partial charge in [0.2, 0.25) is 0 Å². The molecule has 3 unspecified atom stereocenters. The van der Waals surface area contributed by atoms with Crippen LogP contribution in [0.3, 0.4) is 0 Å². The molecule has 0 bridgehead atoms. The molecule has 0 aromatic heterocycles. The normalized spacial score (nSPS) is 24.0. The molecule has 28 heavy (non-hydrogen) atoms. The van der Waals surface area contributed by atoms with Crippen molar-refractivity contribution >= 4 is 8.80 Å². The lowest BCUT2D eigenvalue weighted by atomic mass is 9.90. The monoisotopic (exact) mass is 414 g/mol. The highest BCUT2D eigenvalue weighted by molar-refractivity contribution is 6.61. The van der Waals surface area contributed by atoms with E-state index in [1.54, 1.807) is 0 Å². The van der Waals surface area contributed by atoms with E-state index in [9.17, 15) is 0 Å². The van der Waals surface area contributed by atoms with Gasteiger partial charge in [-0.25, -0.2) is 0 Å². The second kappa shape index (κ2) is 13.4. The minimum Gasteiger partial charge on any atom is -0.374 e. The zero-order chi connectivity index (χ0) is 21.0. The van der Waals surface area contributed by atoms with Crippen LogP contribution in [0.5, 0.6) is 0 Å². The molecule has 3 atom stereocenters. The van der Waals surface area contributed by atoms with Crippen molar-refractivity contribution in [2.24, 2.45) is 17.8 Å². The van der Waals surface area contributed by atoms with E-state index in [4.69, 9.17) is 13.3 Å². The lowest BCUT2D eigenvalue weighted by Gasteiger charge is -2.30. The lowest BCUT2D eigenvalue weighted by Crippen LogP contribution is -2.45. The zero-order valence-electron chi connectivity index (χ0n) is 20.1. The van der Waals surface area contributed by atoms with Gasteiger partial charge in [0.25, 0.3) is 0 Å². The van der Waals surface area contributed by atoms with Crippen molar-refractivity contribution < 1.29 is 13.3 Å². The topological polar surface area (TPSA) is 27.7 Å². The molecule has 4 heteroatoms. The van der Waals surface area contributed by atoms with Crippen LogP contribution >= 0.6 is 0 Å². The van der Waals surface area contributed by atoms with E-state index >= 15 is 0 Å². The highest BCUT2D eigenvalue weighted by atomic mass is 28.4. The summed E-state index contributed by atoms with van der Waals surface area (Å²) in [6, 6.07) is 0.982. The first-order valence-corrected chi connectivity index (χ1v) is 14.2.